The number of nitrogens with zero attached hydrogens (tertiary/aromatic N) is 3. The smallest absolute Gasteiger partial charge is 0.249 e. The molecule has 2 heterocycles. The molecule has 0 saturated heterocycles. The first-order valence-electron chi connectivity index (χ1n) is 9.36. The number of benzene rings is 1. The fraction of sp³-hybridized carbons (Fsp3) is 0.182. The largest absolute Gasteiger partial charge is 0.352 e. The van der Waals surface area contributed by atoms with E-state index in [0.29, 0.717) is 6.54 Å². The molecule has 0 aliphatic rings. The van der Waals surface area contributed by atoms with E-state index < -0.39 is 5.91 Å². The zero-order valence-electron chi connectivity index (χ0n) is 16.7. The van der Waals surface area contributed by atoms with E-state index in [1.54, 1.807) is 24.7 Å². The molecule has 0 spiro atoms. The van der Waals surface area contributed by atoms with E-state index in [-0.39, 0.29) is 12.3 Å². The van der Waals surface area contributed by atoms with E-state index in [4.69, 9.17) is 0 Å². The van der Waals surface area contributed by atoms with Crippen molar-refractivity contribution in [2.75, 3.05) is 0 Å². The van der Waals surface area contributed by atoms with Crippen LogP contribution in [0.15, 0.2) is 64.4 Å². The molecule has 0 aliphatic heterocycles. The van der Waals surface area contributed by atoms with Crippen LogP contribution in [-0.2, 0) is 16.1 Å². The maximum atomic E-state index is 12.0. The molecule has 1 aromatic carbocycles. The number of hydrogen-bond acceptors (Lipinski definition) is 4. The Morgan fingerprint density at radius 1 is 1.17 bits per heavy atom. The number of hydrazone groups is 1. The summed E-state index contributed by atoms with van der Waals surface area (Å²) in [5, 5.41) is 6.68. The lowest BCUT2D eigenvalue weighted by molar-refractivity contribution is -0.129. The molecule has 7 nitrogen and oxygen atoms in total. The first-order valence-corrected chi connectivity index (χ1v) is 10.2. The molecule has 0 atom stereocenters. The number of halogens is 1. The number of hydrogen-bond donors (Lipinski definition) is 2. The molecule has 2 amide bonds. The number of nitrogens with one attached hydrogen (secondary N) is 2. The molecule has 8 heteroatoms. The van der Waals surface area contributed by atoms with E-state index in [2.05, 4.69) is 41.3 Å². The summed E-state index contributed by atoms with van der Waals surface area (Å²) in [6.07, 6.45) is 4.61. The van der Waals surface area contributed by atoms with Gasteiger partial charge in [0.1, 0.15) is 6.42 Å². The van der Waals surface area contributed by atoms with Crippen molar-refractivity contribution < 1.29 is 9.59 Å². The first-order chi connectivity index (χ1) is 14.4. The predicted octanol–water partition coefficient (Wildman–Crippen LogP) is 3.41. The van der Waals surface area contributed by atoms with Crippen molar-refractivity contribution in [1.29, 1.82) is 0 Å². The summed E-state index contributed by atoms with van der Waals surface area (Å²) in [6.45, 7) is 4.32. The minimum absolute atomic E-state index is 0.297. The van der Waals surface area contributed by atoms with Crippen LogP contribution < -0.4 is 10.7 Å². The second-order valence-electron chi connectivity index (χ2n) is 6.75. The molecule has 154 valence electrons. The Kier molecular flexibility index (Phi) is 7.13. The summed E-state index contributed by atoms with van der Waals surface area (Å²) in [5.41, 5.74) is 7.24. The molecule has 0 unspecified atom stereocenters. The van der Waals surface area contributed by atoms with Crippen LogP contribution in [0.4, 0.5) is 0 Å². The third kappa shape index (κ3) is 5.64. The van der Waals surface area contributed by atoms with Crippen LogP contribution in [0.3, 0.4) is 0 Å². The van der Waals surface area contributed by atoms with Crippen LogP contribution in [0.2, 0.25) is 0 Å². The Bertz CT molecular complexity index is 1080. The molecule has 0 aliphatic carbocycles. The molecule has 0 saturated carbocycles. The van der Waals surface area contributed by atoms with Crippen molar-refractivity contribution in [3.8, 4) is 5.69 Å². The summed E-state index contributed by atoms with van der Waals surface area (Å²) in [6, 6.07) is 13.6. The van der Waals surface area contributed by atoms with Gasteiger partial charge in [-0.25, -0.2) is 5.43 Å². The van der Waals surface area contributed by atoms with Crippen LogP contribution in [0.5, 0.6) is 0 Å². The predicted molar refractivity (Wildman–Crippen MR) is 119 cm³/mol. The van der Waals surface area contributed by atoms with Crippen molar-refractivity contribution in [3.63, 3.8) is 0 Å². The summed E-state index contributed by atoms with van der Waals surface area (Å²) >= 11 is 3.49. The molecule has 2 aromatic heterocycles. The van der Waals surface area contributed by atoms with Gasteiger partial charge in [-0.2, -0.15) is 5.10 Å². The van der Waals surface area contributed by atoms with Gasteiger partial charge in [0.15, 0.2) is 0 Å². The molecular weight excluding hydrogens is 446 g/mol. The molecule has 2 N–H and O–H groups in total. The molecular formula is C22H22BrN5O2. The van der Waals surface area contributed by atoms with Gasteiger partial charge in [-0.1, -0.05) is 28.1 Å². The van der Waals surface area contributed by atoms with Gasteiger partial charge in [0.25, 0.3) is 0 Å². The minimum atomic E-state index is -0.476. The van der Waals surface area contributed by atoms with Crippen LogP contribution in [0.1, 0.15) is 28.9 Å². The van der Waals surface area contributed by atoms with Gasteiger partial charge in [-0.15, -0.1) is 0 Å². The van der Waals surface area contributed by atoms with Gasteiger partial charge in [0, 0.05) is 46.0 Å². The highest BCUT2D eigenvalue weighted by molar-refractivity contribution is 9.10. The number of pyridine rings is 1. The standard InChI is InChI=1S/C22H22BrN5O2/c1-15-9-18(16(2)28(15)20-7-3-6-19(23)10-20)14-26-27-22(30)11-21(29)25-13-17-5-4-8-24-12-17/h3-10,12,14H,11,13H2,1-2H3,(H,25,29)(H,27,30)/b26-14+. The normalized spacial score (nSPS) is 10.9. The first kappa shape index (κ1) is 21.4. The van der Waals surface area contributed by atoms with Gasteiger partial charge < -0.3 is 9.88 Å². The SMILES string of the molecule is Cc1cc(/C=N/NC(=O)CC(=O)NCc2cccnc2)c(C)n1-c1cccc(Br)c1. The highest BCUT2D eigenvalue weighted by Crippen LogP contribution is 2.22. The topological polar surface area (TPSA) is 88.4 Å². The lowest BCUT2D eigenvalue weighted by Crippen LogP contribution is -2.29. The third-order valence-electron chi connectivity index (χ3n) is 4.46. The highest BCUT2D eigenvalue weighted by atomic mass is 79.9. The Labute approximate surface area is 183 Å². The molecule has 0 bridgehead atoms. The maximum Gasteiger partial charge on any atom is 0.249 e. The van der Waals surface area contributed by atoms with Crippen molar-refractivity contribution >= 4 is 34.0 Å². The van der Waals surface area contributed by atoms with Gasteiger partial charge in [-0.05, 0) is 49.7 Å². The minimum Gasteiger partial charge on any atom is -0.352 e. The molecule has 0 fully saturated rings. The summed E-state index contributed by atoms with van der Waals surface area (Å²) < 4.78 is 3.11. The van der Waals surface area contributed by atoms with E-state index >= 15 is 0 Å². The van der Waals surface area contributed by atoms with Crippen molar-refractivity contribution in [1.82, 2.24) is 20.3 Å². The number of aryl methyl sites for hydroxylation is 1. The van der Waals surface area contributed by atoms with Crippen molar-refractivity contribution in [2.45, 2.75) is 26.8 Å². The quantitative estimate of drug-likeness (QED) is 0.317. The second-order valence-corrected chi connectivity index (χ2v) is 7.67. The molecule has 3 rings (SSSR count). The second kappa shape index (κ2) is 9.98. The Hall–Kier alpha value is -3.26. The van der Waals surface area contributed by atoms with E-state index in [1.165, 1.54) is 0 Å². The van der Waals surface area contributed by atoms with Crippen LogP contribution in [0.25, 0.3) is 5.69 Å². The zero-order valence-corrected chi connectivity index (χ0v) is 18.3. The average molecular weight is 468 g/mol. The molecule has 3 aromatic rings. The molecule has 30 heavy (non-hydrogen) atoms. The van der Waals surface area contributed by atoms with Gasteiger partial charge in [-0.3, -0.25) is 14.6 Å². The number of carbonyl (C=O) groups is 2. The average Bonchev–Trinajstić information content (AvgIpc) is 3.00. The third-order valence-corrected chi connectivity index (χ3v) is 4.96. The monoisotopic (exact) mass is 467 g/mol. The zero-order chi connectivity index (χ0) is 21.5. The summed E-state index contributed by atoms with van der Waals surface area (Å²) in [7, 11) is 0. The number of amides is 2. The number of aromatic nitrogens is 2. The van der Waals surface area contributed by atoms with Crippen LogP contribution in [-0.4, -0.2) is 27.6 Å². The fourth-order valence-corrected chi connectivity index (χ4v) is 3.44. The summed E-state index contributed by atoms with van der Waals surface area (Å²) in [4.78, 5) is 27.8. The molecule has 0 radical (unpaired) electrons. The van der Waals surface area contributed by atoms with E-state index in [0.717, 1.165) is 32.7 Å². The van der Waals surface area contributed by atoms with Crippen molar-refractivity contribution in [3.05, 3.63) is 81.8 Å². The summed E-state index contributed by atoms with van der Waals surface area (Å²) in [5.74, 6) is -0.852. The van der Waals surface area contributed by atoms with Crippen LogP contribution >= 0.6 is 15.9 Å². The lowest BCUT2D eigenvalue weighted by atomic mass is 10.2. The van der Waals surface area contributed by atoms with Gasteiger partial charge >= 0.3 is 0 Å². The van der Waals surface area contributed by atoms with E-state index in [1.807, 2.05) is 50.2 Å². The highest BCUT2D eigenvalue weighted by Gasteiger charge is 2.11. The Morgan fingerprint density at radius 2 is 2.00 bits per heavy atom. The maximum absolute atomic E-state index is 12.0. The van der Waals surface area contributed by atoms with E-state index in [9.17, 15) is 9.59 Å². The van der Waals surface area contributed by atoms with Gasteiger partial charge in [0.05, 0.1) is 6.21 Å². The van der Waals surface area contributed by atoms with Crippen LogP contribution in [0, 0.1) is 13.8 Å². The van der Waals surface area contributed by atoms with Gasteiger partial charge in [0.2, 0.25) is 11.8 Å². The lowest BCUT2D eigenvalue weighted by Gasteiger charge is -2.09. The number of carbonyl (C=O) groups excluding carboxylic acids is 2. The Balaban J connectivity index is 1.55. The Morgan fingerprint density at radius 3 is 2.73 bits per heavy atom. The van der Waals surface area contributed by atoms with Crippen molar-refractivity contribution in [2.24, 2.45) is 5.10 Å². The fourth-order valence-electron chi connectivity index (χ4n) is 3.06. The number of rotatable bonds is 7.